The number of nitrogens with zero attached hydrogens (tertiary/aromatic N) is 1. The van der Waals surface area contributed by atoms with Gasteiger partial charge in [-0.2, -0.15) is 5.10 Å². The fourth-order valence-electron chi connectivity index (χ4n) is 2.24. The lowest BCUT2D eigenvalue weighted by Crippen LogP contribution is -2.21. The smallest absolute Gasteiger partial charge is 0.271 e. The number of rotatable bonds is 6. The van der Waals surface area contributed by atoms with E-state index in [0.29, 0.717) is 17.3 Å². The van der Waals surface area contributed by atoms with Gasteiger partial charge in [-0.15, -0.1) is 0 Å². The summed E-state index contributed by atoms with van der Waals surface area (Å²) in [6, 6.07) is 12.8. The maximum Gasteiger partial charge on any atom is 0.271 e. The SMILES string of the molecule is CC(CC(=O)Nc1ccc(C(C)C)cc1)=NNC(=O)c1ccc(F)cc1. The number of benzene rings is 2. The highest BCUT2D eigenvalue weighted by molar-refractivity contribution is 6.06. The van der Waals surface area contributed by atoms with Gasteiger partial charge in [0.05, 0.1) is 6.42 Å². The zero-order valence-corrected chi connectivity index (χ0v) is 15.0. The number of hydrogen-bond donors (Lipinski definition) is 2. The van der Waals surface area contributed by atoms with Crippen LogP contribution in [0.1, 0.15) is 49.0 Å². The van der Waals surface area contributed by atoms with Gasteiger partial charge in [0, 0.05) is 17.0 Å². The summed E-state index contributed by atoms with van der Waals surface area (Å²) in [6.07, 6.45) is 0.0512. The lowest BCUT2D eigenvalue weighted by molar-refractivity contribution is -0.115. The van der Waals surface area contributed by atoms with Crippen molar-refractivity contribution in [3.8, 4) is 0 Å². The Morgan fingerprint density at radius 1 is 1.04 bits per heavy atom. The zero-order chi connectivity index (χ0) is 19.1. The monoisotopic (exact) mass is 355 g/mol. The van der Waals surface area contributed by atoms with Crippen molar-refractivity contribution < 1.29 is 14.0 Å². The summed E-state index contributed by atoms with van der Waals surface area (Å²) in [7, 11) is 0. The number of anilines is 1. The van der Waals surface area contributed by atoms with E-state index in [1.807, 2.05) is 24.3 Å². The van der Waals surface area contributed by atoms with Crippen LogP contribution in [0.5, 0.6) is 0 Å². The molecule has 5 nitrogen and oxygen atoms in total. The molecule has 0 saturated carbocycles. The number of hydrazone groups is 1. The lowest BCUT2D eigenvalue weighted by Gasteiger charge is -2.08. The molecule has 0 heterocycles. The summed E-state index contributed by atoms with van der Waals surface area (Å²) in [5, 5.41) is 6.69. The Morgan fingerprint density at radius 3 is 2.23 bits per heavy atom. The van der Waals surface area contributed by atoms with Gasteiger partial charge in [0.2, 0.25) is 5.91 Å². The molecule has 6 heteroatoms. The quantitative estimate of drug-likeness (QED) is 0.605. The highest BCUT2D eigenvalue weighted by Gasteiger charge is 2.08. The van der Waals surface area contributed by atoms with Crippen LogP contribution >= 0.6 is 0 Å². The second-order valence-electron chi connectivity index (χ2n) is 6.30. The van der Waals surface area contributed by atoms with Crippen molar-refractivity contribution in [3.05, 3.63) is 65.5 Å². The molecule has 0 unspecified atom stereocenters. The molecule has 0 aliphatic carbocycles. The molecule has 2 aromatic carbocycles. The molecule has 136 valence electrons. The average molecular weight is 355 g/mol. The minimum absolute atomic E-state index is 0.0512. The fourth-order valence-corrected chi connectivity index (χ4v) is 2.24. The highest BCUT2D eigenvalue weighted by Crippen LogP contribution is 2.17. The third-order valence-electron chi connectivity index (χ3n) is 3.73. The molecule has 2 aromatic rings. The minimum Gasteiger partial charge on any atom is -0.326 e. The molecule has 0 aliphatic rings. The molecule has 0 fully saturated rings. The molecule has 2 amide bonds. The van der Waals surface area contributed by atoms with Gasteiger partial charge in [-0.3, -0.25) is 9.59 Å². The van der Waals surface area contributed by atoms with Crippen LogP contribution < -0.4 is 10.7 Å². The van der Waals surface area contributed by atoms with Crippen molar-refractivity contribution in [1.82, 2.24) is 5.43 Å². The predicted octanol–water partition coefficient (Wildman–Crippen LogP) is 4.08. The molecule has 0 bridgehead atoms. The van der Waals surface area contributed by atoms with Crippen LogP contribution in [-0.2, 0) is 4.79 Å². The summed E-state index contributed by atoms with van der Waals surface area (Å²) >= 11 is 0. The molecule has 2 N–H and O–H groups in total. The summed E-state index contributed by atoms with van der Waals surface area (Å²) < 4.78 is 12.8. The Balaban J connectivity index is 1.86. The predicted molar refractivity (Wildman–Crippen MR) is 101 cm³/mol. The molecular weight excluding hydrogens is 333 g/mol. The zero-order valence-electron chi connectivity index (χ0n) is 15.0. The van der Waals surface area contributed by atoms with Crippen molar-refractivity contribution in [2.45, 2.75) is 33.1 Å². The van der Waals surface area contributed by atoms with E-state index in [9.17, 15) is 14.0 Å². The van der Waals surface area contributed by atoms with Gasteiger partial charge in [0.1, 0.15) is 5.82 Å². The maximum atomic E-state index is 12.8. The van der Waals surface area contributed by atoms with Crippen LogP contribution in [0.2, 0.25) is 0 Å². The second-order valence-corrected chi connectivity index (χ2v) is 6.30. The van der Waals surface area contributed by atoms with Gasteiger partial charge < -0.3 is 5.32 Å². The first-order valence-electron chi connectivity index (χ1n) is 8.34. The Hall–Kier alpha value is -3.02. The van der Waals surface area contributed by atoms with Crippen LogP contribution in [-0.4, -0.2) is 17.5 Å². The number of nitrogens with one attached hydrogen (secondary N) is 2. The van der Waals surface area contributed by atoms with Gasteiger partial charge >= 0.3 is 0 Å². The third kappa shape index (κ3) is 5.81. The van der Waals surface area contributed by atoms with Crippen LogP contribution in [0.15, 0.2) is 53.6 Å². The lowest BCUT2D eigenvalue weighted by atomic mass is 10.0. The average Bonchev–Trinajstić information content (AvgIpc) is 2.60. The number of hydrogen-bond acceptors (Lipinski definition) is 3. The number of halogens is 1. The maximum absolute atomic E-state index is 12.8. The van der Waals surface area contributed by atoms with Crippen molar-refractivity contribution in [2.24, 2.45) is 5.10 Å². The van der Waals surface area contributed by atoms with E-state index in [-0.39, 0.29) is 17.9 Å². The summed E-state index contributed by atoms with van der Waals surface area (Å²) in [5.74, 6) is -0.674. The second kappa shape index (κ2) is 8.89. The molecule has 0 spiro atoms. The van der Waals surface area contributed by atoms with Gasteiger partial charge in [0.25, 0.3) is 5.91 Å². The van der Waals surface area contributed by atoms with E-state index < -0.39 is 11.7 Å². The summed E-state index contributed by atoms with van der Waals surface area (Å²) in [5.41, 5.74) is 5.01. The van der Waals surface area contributed by atoms with Crippen molar-refractivity contribution in [3.63, 3.8) is 0 Å². The fraction of sp³-hybridized carbons (Fsp3) is 0.250. The molecule has 0 atom stereocenters. The normalized spacial score (nSPS) is 11.3. The molecule has 2 rings (SSSR count). The highest BCUT2D eigenvalue weighted by atomic mass is 19.1. The van der Waals surface area contributed by atoms with Gasteiger partial charge in [-0.25, -0.2) is 9.82 Å². The largest absolute Gasteiger partial charge is 0.326 e. The topological polar surface area (TPSA) is 70.6 Å². The van der Waals surface area contributed by atoms with Gasteiger partial charge in [0.15, 0.2) is 0 Å². The van der Waals surface area contributed by atoms with E-state index >= 15 is 0 Å². The summed E-state index contributed by atoms with van der Waals surface area (Å²) in [6.45, 7) is 5.85. The van der Waals surface area contributed by atoms with Crippen LogP contribution in [0.25, 0.3) is 0 Å². The summed E-state index contributed by atoms with van der Waals surface area (Å²) in [4.78, 5) is 23.9. The van der Waals surface area contributed by atoms with Gasteiger partial charge in [-0.1, -0.05) is 26.0 Å². The van der Waals surface area contributed by atoms with E-state index in [2.05, 4.69) is 29.7 Å². The first kappa shape index (κ1) is 19.3. The standard InChI is InChI=1S/C20H22FN3O2/c1-13(2)15-6-10-18(11-7-15)22-19(25)12-14(3)23-24-20(26)16-4-8-17(21)9-5-16/h4-11,13H,12H2,1-3H3,(H,22,25)(H,24,26). The molecule has 0 radical (unpaired) electrons. The van der Waals surface area contributed by atoms with E-state index in [4.69, 9.17) is 0 Å². The number of carbonyl (C=O) groups excluding carboxylic acids is 2. The number of amides is 2. The molecule has 0 saturated heterocycles. The van der Waals surface area contributed by atoms with Gasteiger partial charge in [-0.05, 0) is 54.8 Å². The minimum atomic E-state index is -0.464. The molecule has 0 aromatic heterocycles. The van der Waals surface area contributed by atoms with Crippen LogP contribution in [0.4, 0.5) is 10.1 Å². The molecule has 26 heavy (non-hydrogen) atoms. The number of carbonyl (C=O) groups is 2. The molecule has 0 aliphatic heterocycles. The van der Waals surface area contributed by atoms with Crippen molar-refractivity contribution >= 4 is 23.2 Å². The van der Waals surface area contributed by atoms with Crippen molar-refractivity contribution in [1.29, 1.82) is 0 Å². The van der Waals surface area contributed by atoms with E-state index in [0.717, 1.165) is 0 Å². The van der Waals surface area contributed by atoms with Crippen LogP contribution in [0.3, 0.4) is 0 Å². The first-order chi connectivity index (χ1) is 12.3. The molecular formula is C20H22FN3O2. The van der Waals surface area contributed by atoms with E-state index in [1.165, 1.54) is 29.8 Å². The van der Waals surface area contributed by atoms with Crippen molar-refractivity contribution in [2.75, 3.05) is 5.32 Å². The third-order valence-corrected chi connectivity index (χ3v) is 3.73. The van der Waals surface area contributed by atoms with E-state index in [1.54, 1.807) is 6.92 Å². The first-order valence-corrected chi connectivity index (χ1v) is 8.34. The Labute approximate surface area is 152 Å². The van der Waals surface area contributed by atoms with Crippen LogP contribution in [0, 0.1) is 5.82 Å². The Kier molecular flexibility index (Phi) is 6.60. The Bertz CT molecular complexity index is 797. The Morgan fingerprint density at radius 2 is 1.65 bits per heavy atom.